The largest absolute Gasteiger partial charge is 0.490 e. The quantitative estimate of drug-likeness (QED) is 0.0212. The van der Waals surface area contributed by atoms with Gasteiger partial charge >= 0.3 is 0 Å². The van der Waals surface area contributed by atoms with Gasteiger partial charge in [0.2, 0.25) is 0 Å². The highest BCUT2D eigenvalue weighted by molar-refractivity contribution is 6.25. The molecule has 0 aliphatic carbocycles. The van der Waals surface area contributed by atoms with Gasteiger partial charge < -0.3 is 42.6 Å². The number of unbranched alkanes of at least 4 members (excludes halogenated alkanes) is 28. The highest BCUT2D eigenvalue weighted by Crippen LogP contribution is 2.45. The molecular formula is C68H106N2O9. The molecule has 0 bridgehead atoms. The van der Waals surface area contributed by atoms with Crippen molar-refractivity contribution in [3.8, 4) is 34.5 Å². The van der Waals surface area contributed by atoms with Crippen molar-refractivity contribution >= 4 is 43.6 Å². The monoisotopic (exact) mass is 1090 g/mol. The molecule has 0 atom stereocenters. The van der Waals surface area contributed by atoms with Crippen LogP contribution in [0.4, 0.5) is 0 Å². The number of rotatable bonds is 40. The molecule has 0 saturated heterocycles. The molecule has 0 unspecified atom stereocenters. The van der Waals surface area contributed by atoms with Crippen LogP contribution in [0.2, 0.25) is 0 Å². The number of nitrogens with zero attached hydrogens (tertiary/aromatic N) is 2. The van der Waals surface area contributed by atoms with Crippen LogP contribution in [0.3, 0.4) is 0 Å². The van der Waals surface area contributed by atoms with Crippen molar-refractivity contribution in [2.24, 2.45) is 0 Å². The van der Waals surface area contributed by atoms with E-state index in [0.717, 1.165) is 107 Å². The molecule has 1 aromatic heterocycles. The van der Waals surface area contributed by atoms with E-state index in [1.807, 2.05) is 12.1 Å². The fourth-order valence-electron chi connectivity index (χ4n) is 10.7. The Hall–Kier alpha value is -4.32. The Kier molecular flexibility index (Phi) is 32.3. The molecule has 6 rings (SSSR count). The first-order chi connectivity index (χ1) is 39.1. The average Bonchev–Trinajstić information content (AvgIpc) is 3.67. The van der Waals surface area contributed by atoms with Crippen LogP contribution in [0.5, 0.6) is 34.5 Å². The summed E-state index contributed by atoms with van der Waals surface area (Å²) in [5.41, 5.74) is 2.95. The van der Waals surface area contributed by atoms with E-state index in [9.17, 15) is 0 Å². The van der Waals surface area contributed by atoms with Crippen molar-refractivity contribution < 1.29 is 42.6 Å². The maximum absolute atomic E-state index is 6.82. The molecule has 442 valence electrons. The van der Waals surface area contributed by atoms with E-state index < -0.39 is 0 Å². The summed E-state index contributed by atoms with van der Waals surface area (Å²) in [4.78, 5) is 11.0. The molecule has 11 nitrogen and oxygen atoms in total. The van der Waals surface area contributed by atoms with E-state index in [-0.39, 0.29) is 0 Å². The van der Waals surface area contributed by atoms with Crippen molar-refractivity contribution in [2.45, 2.75) is 233 Å². The minimum atomic E-state index is 0.347. The van der Waals surface area contributed by atoms with E-state index in [1.165, 1.54) is 154 Å². The van der Waals surface area contributed by atoms with Gasteiger partial charge in [-0.3, -0.25) is 0 Å². The lowest BCUT2D eigenvalue weighted by Crippen LogP contribution is -2.13. The molecule has 4 aromatic carbocycles. The fraction of sp³-hybridized carbons (Fsp3) is 0.706. The molecule has 0 saturated carbocycles. The fourth-order valence-corrected chi connectivity index (χ4v) is 10.7. The maximum atomic E-state index is 6.82. The summed E-state index contributed by atoms with van der Waals surface area (Å²) in [5, 5.41) is 3.93. The summed E-state index contributed by atoms with van der Waals surface area (Å²) in [6, 6.07) is 12.7. The van der Waals surface area contributed by atoms with E-state index in [2.05, 4.69) is 52.0 Å². The zero-order chi connectivity index (χ0) is 55.2. The SMILES string of the molecule is CCCCCCCCCCOc1cc2c3cc(OCCCCCCCCCC)c(OCCCCCCCCCC)cc3c3nc4cc5c(cc4nc3c2cc1OCCCCCCCCCC)OCCOCCOCCOCCO5. The Morgan fingerprint density at radius 1 is 0.291 bits per heavy atom. The molecule has 2 heterocycles. The van der Waals surface area contributed by atoms with Gasteiger partial charge in [0.25, 0.3) is 0 Å². The van der Waals surface area contributed by atoms with Gasteiger partial charge in [-0.25, -0.2) is 9.97 Å². The predicted molar refractivity (Wildman–Crippen MR) is 328 cm³/mol. The summed E-state index contributed by atoms with van der Waals surface area (Å²) in [6.45, 7) is 15.1. The Balaban J connectivity index is 1.41. The molecule has 0 radical (unpaired) electrons. The number of benzene rings is 4. The second-order valence-electron chi connectivity index (χ2n) is 22.2. The first-order valence-corrected chi connectivity index (χ1v) is 32.4. The molecule has 5 aromatic rings. The third kappa shape index (κ3) is 23.2. The second-order valence-corrected chi connectivity index (χ2v) is 22.2. The molecule has 11 heteroatoms. The first-order valence-electron chi connectivity index (χ1n) is 32.4. The lowest BCUT2D eigenvalue weighted by molar-refractivity contribution is 0.00708. The predicted octanol–water partition coefficient (Wildman–Crippen LogP) is 19.0. The molecule has 0 amide bonds. The summed E-state index contributed by atoms with van der Waals surface area (Å²) in [7, 11) is 0. The van der Waals surface area contributed by atoms with Gasteiger partial charge in [0.1, 0.15) is 13.2 Å². The van der Waals surface area contributed by atoms with Gasteiger partial charge in [0, 0.05) is 22.9 Å². The lowest BCUT2D eigenvalue weighted by atomic mass is 9.97. The molecule has 0 N–H and O–H groups in total. The van der Waals surface area contributed by atoms with Crippen LogP contribution in [-0.2, 0) is 14.2 Å². The second kappa shape index (κ2) is 40.0. The number of fused-ring (bicyclic) bond motifs is 8. The van der Waals surface area contributed by atoms with Crippen molar-refractivity contribution in [3.05, 3.63) is 36.4 Å². The van der Waals surface area contributed by atoms with E-state index in [0.29, 0.717) is 102 Å². The average molecular weight is 1100 g/mol. The standard InChI is InChI=1S/C68H106N2O9/c1-5-9-13-17-21-25-29-33-37-74-61-49-55-56-50-62(75-38-34-30-26-22-18-14-10-6-2)64(77-40-36-32-28-24-20-16-12-8-4)52-58(56)68-67(57(55)51-63(61)76-39-35-31-27-23-19-15-11-7-3)69-59-53-65-66(54-60(59)70-68)79-48-46-73-44-42-71-41-43-72-45-47-78-65/h49-54H,5-48H2,1-4H3. The lowest BCUT2D eigenvalue weighted by Gasteiger charge is -2.19. The van der Waals surface area contributed by atoms with Gasteiger partial charge in [-0.2, -0.15) is 0 Å². The topological polar surface area (TPSA) is 109 Å². The Labute approximate surface area is 477 Å². The van der Waals surface area contributed by atoms with Crippen LogP contribution < -0.4 is 28.4 Å². The molecule has 79 heavy (non-hydrogen) atoms. The summed E-state index contributed by atoms with van der Waals surface area (Å²) in [6.07, 6.45) is 39.6. The zero-order valence-electron chi connectivity index (χ0n) is 50.1. The Morgan fingerprint density at radius 3 is 0.810 bits per heavy atom. The van der Waals surface area contributed by atoms with Gasteiger partial charge in [-0.05, 0) is 60.7 Å². The van der Waals surface area contributed by atoms with E-state index >= 15 is 0 Å². The molecule has 1 aliphatic heterocycles. The van der Waals surface area contributed by atoms with Gasteiger partial charge in [0.05, 0.1) is 88.1 Å². The summed E-state index contributed by atoms with van der Waals surface area (Å²) >= 11 is 0. The third-order valence-electron chi connectivity index (χ3n) is 15.4. The molecular weight excluding hydrogens is 989 g/mol. The molecule has 1 aliphatic rings. The van der Waals surface area contributed by atoms with Crippen molar-refractivity contribution in [1.29, 1.82) is 0 Å². The van der Waals surface area contributed by atoms with Gasteiger partial charge in [-0.15, -0.1) is 0 Å². The van der Waals surface area contributed by atoms with Crippen molar-refractivity contribution in [3.63, 3.8) is 0 Å². The molecule has 0 fully saturated rings. The van der Waals surface area contributed by atoms with Crippen LogP contribution in [0.25, 0.3) is 43.6 Å². The normalized spacial score (nSPS) is 13.8. The highest BCUT2D eigenvalue weighted by Gasteiger charge is 2.22. The molecule has 0 spiro atoms. The van der Waals surface area contributed by atoms with E-state index in [1.54, 1.807) is 0 Å². The van der Waals surface area contributed by atoms with Crippen LogP contribution in [0.15, 0.2) is 36.4 Å². The number of aromatic nitrogens is 2. The van der Waals surface area contributed by atoms with Gasteiger partial charge in [-0.1, -0.05) is 207 Å². The third-order valence-corrected chi connectivity index (χ3v) is 15.4. The van der Waals surface area contributed by atoms with Crippen molar-refractivity contribution in [2.75, 3.05) is 79.3 Å². The first kappa shape index (κ1) is 63.9. The van der Waals surface area contributed by atoms with Gasteiger partial charge in [0.15, 0.2) is 34.5 Å². The van der Waals surface area contributed by atoms with Crippen LogP contribution in [0, 0.1) is 0 Å². The van der Waals surface area contributed by atoms with Crippen LogP contribution >= 0.6 is 0 Å². The number of hydrogen-bond acceptors (Lipinski definition) is 11. The minimum absolute atomic E-state index is 0.347. The highest BCUT2D eigenvalue weighted by atomic mass is 16.6. The Bertz CT molecular complexity index is 2250. The Morgan fingerprint density at radius 2 is 0.532 bits per heavy atom. The van der Waals surface area contributed by atoms with Crippen LogP contribution in [-0.4, -0.2) is 89.3 Å². The zero-order valence-corrected chi connectivity index (χ0v) is 50.1. The minimum Gasteiger partial charge on any atom is -0.490 e. The maximum Gasteiger partial charge on any atom is 0.163 e. The summed E-state index contributed by atoms with van der Waals surface area (Å²) in [5.74, 6) is 4.21. The van der Waals surface area contributed by atoms with Crippen molar-refractivity contribution in [1.82, 2.24) is 9.97 Å². The smallest absolute Gasteiger partial charge is 0.163 e. The number of ether oxygens (including phenoxy) is 9. The number of hydrogen-bond donors (Lipinski definition) is 0. The van der Waals surface area contributed by atoms with Crippen LogP contribution in [0.1, 0.15) is 233 Å². The van der Waals surface area contributed by atoms with E-state index in [4.69, 9.17) is 52.6 Å². The summed E-state index contributed by atoms with van der Waals surface area (Å²) < 4.78 is 57.3.